The van der Waals surface area contributed by atoms with Crippen molar-refractivity contribution in [1.29, 1.82) is 0 Å². The molecule has 0 saturated carbocycles. The summed E-state index contributed by atoms with van der Waals surface area (Å²) in [7, 11) is 4.82. The zero-order valence-corrected chi connectivity index (χ0v) is 20.2. The average Bonchev–Trinajstić information content (AvgIpc) is 3.18. The molecule has 0 radical (unpaired) electrons. The summed E-state index contributed by atoms with van der Waals surface area (Å²) >= 11 is 0. The van der Waals surface area contributed by atoms with E-state index in [0.717, 1.165) is 23.6 Å². The third kappa shape index (κ3) is 6.98. The molecule has 0 unspecified atom stereocenters. The molecular weight excluding hydrogens is 487 g/mol. The Labute approximate surface area is 189 Å². The van der Waals surface area contributed by atoms with Gasteiger partial charge in [-0.1, -0.05) is 19.0 Å². The molecule has 0 bridgehead atoms. The third-order valence-electron chi connectivity index (χ3n) is 4.14. The van der Waals surface area contributed by atoms with E-state index in [4.69, 9.17) is 18.7 Å². The van der Waals surface area contributed by atoms with Gasteiger partial charge in [-0.05, 0) is 18.9 Å². The Morgan fingerprint density at radius 3 is 2.24 bits per heavy atom. The Kier molecular flexibility index (Phi) is 10.6. The van der Waals surface area contributed by atoms with Gasteiger partial charge < -0.3 is 29.4 Å². The van der Waals surface area contributed by atoms with Crippen LogP contribution in [-0.4, -0.2) is 39.0 Å². The SMILES string of the molecule is CCNC(=NCc1cc(OC)c(OC)cc1OC)NCc1cc(C(C)C)no1.I. The molecule has 9 heteroatoms. The summed E-state index contributed by atoms with van der Waals surface area (Å²) in [5, 5.41) is 10.6. The first-order valence-electron chi connectivity index (χ1n) is 9.28. The van der Waals surface area contributed by atoms with E-state index in [1.54, 1.807) is 27.4 Å². The number of hydrogen-bond acceptors (Lipinski definition) is 6. The number of methoxy groups -OCH3 is 3. The first-order valence-corrected chi connectivity index (χ1v) is 9.28. The number of rotatable bonds is 9. The molecule has 1 aromatic heterocycles. The lowest BCUT2D eigenvalue weighted by atomic mass is 10.1. The number of benzene rings is 1. The summed E-state index contributed by atoms with van der Waals surface area (Å²) in [6, 6.07) is 5.63. The van der Waals surface area contributed by atoms with Crippen LogP contribution in [0.5, 0.6) is 17.2 Å². The molecule has 0 spiro atoms. The van der Waals surface area contributed by atoms with Gasteiger partial charge in [-0.2, -0.15) is 0 Å². The van der Waals surface area contributed by atoms with Gasteiger partial charge in [0.25, 0.3) is 0 Å². The van der Waals surface area contributed by atoms with Crippen LogP contribution in [0.3, 0.4) is 0 Å². The van der Waals surface area contributed by atoms with E-state index < -0.39 is 0 Å². The second kappa shape index (κ2) is 12.4. The molecule has 2 aromatic rings. The molecule has 0 aliphatic heterocycles. The van der Waals surface area contributed by atoms with E-state index in [-0.39, 0.29) is 24.0 Å². The van der Waals surface area contributed by atoms with E-state index in [2.05, 4.69) is 34.6 Å². The van der Waals surface area contributed by atoms with Crippen LogP contribution in [0.4, 0.5) is 0 Å². The molecule has 1 heterocycles. The number of aliphatic imine (C=N–C) groups is 1. The number of halogens is 1. The molecule has 2 N–H and O–H groups in total. The summed E-state index contributed by atoms with van der Waals surface area (Å²) in [5.41, 5.74) is 1.83. The van der Waals surface area contributed by atoms with Crippen LogP contribution in [0.15, 0.2) is 27.7 Å². The normalized spacial score (nSPS) is 11.1. The van der Waals surface area contributed by atoms with Crippen LogP contribution in [0.2, 0.25) is 0 Å². The maximum atomic E-state index is 5.47. The minimum atomic E-state index is 0. The average molecular weight is 518 g/mol. The molecule has 0 saturated heterocycles. The Bertz CT molecular complexity index is 793. The molecule has 2 rings (SSSR count). The maximum absolute atomic E-state index is 5.47. The highest BCUT2D eigenvalue weighted by atomic mass is 127. The first-order chi connectivity index (χ1) is 13.5. The Balaban J connectivity index is 0.00000420. The number of nitrogens with one attached hydrogen (secondary N) is 2. The Morgan fingerprint density at radius 1 is 1.03 bits per heavy atom. The summed E-state index contributed by atoms with van der Waals surface area (Å²) < 4.78 is 21.5. The zero-order chi connectivity index (χ0) is 20.5. The van der Waals surface area contributed by atoms with E-state index in [0.29, 0.717) is 42.2 Å². The predicted octanol–water partition coefficient (Wildman–Crippen LogP) is 3.70. The molecule has 0 amide bonds. The van der Waals surface area contributed by atoms with E-state index >= 15 is 0 Å². The topological polar surface area (TPSA) is 90.1 Å². The standard InChI is InChI=1S/C20H30N4O4.HI/c1-7-21-20(23-12-15-9-16(13(2)3)24-28-15)22-11-14-8-18(26-5)19(27-6)10-17(14)25-4;/h8-10,13H,7,11-12H2,1-6H3,(H2,21,22,23);1H. The monoisotopic (exact) mass is 518 g/mol. The van der Waals surface area contributed by atoms with Crippen molar-refractivity contribution >= 4 is 29.9 Å². The Morgan fingerprint density at radius 2 is 1.69 bits per heavy atom. The first kappa shape index (κ1) is 24.9. The van der Waals surface area contributed by atoms with Gasteiger partial charge in [-0.25, -0.2) is 4.99 Å². The summed E-state index contributed by atoms with van der Waals surface area (Å²) in [5.74, 6) is 3.70. The molecule has 0 aliphatic carbocycles. The molecule has 8 nitrogen and oxygen atoms in total. The van der Waals surface area contributed by atoms with Crippen molar-refractivity contribution in [2.24, 2.45) is 4.99 Å². The molecule has 0 fully saturated rings. The number of aromatic nitrogens is 1. The van der Waals surface area contributed by atoms with Gasteiger partial charge >= 0.3 is 0 Å². The van der Waals surface area contributed by atoms with Gasteiger partial charge in [0.05, 0.1) is 40.1 Å². The van der Waals surface area contributed by atoms with Gasteiger partial charge in [0, 0.05) is 24.2 Å². The smallest absolute Gasteiger partial charge is 0.191 e. The van der Waals surface area contributed by atoms with Gasteiger partial charge in [-0.3, -0.25) is 0 Å². The zero-order valence-electron chi connectivity index (χ0n) is 17.9. The summed E-state index contributed by atoms with van der Waals surface area (Å²) in [4.78, 5) is 4.64. The van der Waals surface area contributed by atoms with Crippen molar-refractivity contribution in [2.75, 3.05) is 27.9 Å². The van der Waals surface area contributed by atoms with Crippen LogP contribution in [0.25, 0.3) is 0 Å². The minimum Gasteiger partial charge on any atom is -0.496 e. The highest BCUT2D eigenvalue weighted by molar-refractivity contribution is 14.0. The number of guanidine groups is 1. The quantitative estimate of drug-likeness (QED) is 0.297. The third-order valence-corrected chi connectivity index (χ3v) is 4.14. The minimum absolute atomic E-state index is 0. The molecule has 0 atom stereocenters. The van der Waals surface area contributed by atoms with Gasteiger partial charge in [0.1, 0.15) is 5.75 Å². The summed E-state index contributed by atoms with van der Waals surface area (Å²) in [6.45, 7) is 7.82. The molecule has 29 heavy (non-hydrogen) atoms. The molecule has 0 aliphatic rings. The summed E-state index contributed by atoms with van der Waals surface area (Å²) in [6.07, 6.45) is 0. The van der Waals surface area contributed by atoms with Crippen molar-refractivity contribution in [1.82, 2.24) is 15.8 Å². The van der Waals surface area contributed by atoms with Crippen LogP contribution in [-0.2, 0) is 13.1 Å². The van der Waals surface area contributed by atoms with Crippen LogP contribution < -0.4 is 24.8 Å². The largest absolute Gasteiger partial charge is 0.496 e. The van der Waals surface area contributed by atoms with E-state index in [1.165, 1.54) is 0 Å². The maximum Gasteiger partial charge on any atom is 0.191 e. The van der Waals surface area contributed by atoms with Crippen molar-refractivity contribution in [2.45, 2.75) is 39.8 Å². The van der Waals surface area contributed by atoms with Gasteiger partial charge in [-0.15, -0.1) is 24.0 Å². The number of ether oxygens (including phenoxy) is 3. The van der Waals surface area contributed by atoms with Crippen molar-refractivity contribution < 1.29 is 18.7 Å². The fourth-order valence-corrected chi connectivity index (χ4v) is 2.58. The molecular formula is C20H31IN4O4. The van der Waals surface area contributed by atoms with E-state index in [1.807, 2.05) is 19.1 Å². The van der Waals surface area contributed by atoms with Crippen molar-refractivity contribution in [3.8, 4) is 17.2 Å². The Hall–Kier alpha value is -2.17. The second-order valence-corrected chi connectivity index (χ2v) is 6.44. The molecule has 162 valence electrons. The molecule has 1 aromatic carbocycles. The lowest BCUT2D eigenvalue weighted by Gasteiger charge is -2.14. The van der Waals surface area contributed by atoms with Crippen molar-refractivity contribution in [3.05, 3.63) is 35.2 Å². The van der Waals surface area contributed by atoms with Crippen LogP contribution >= 0.6 is 24.0 Å². The number of hydrogen-bond donors (Lipinski definition) is 2. The van der Waals surface area contributed by atoms with Crippen molar-refractivity contribution in [3.63, 3.8) is 0 Å². The van der Waals surface area contributed by atoms with Gasteiger partial charge in [0.2, 0.25) is 0 Å². The lowest BCUT2D eigenvalue weighted by molar-refractivity contribution is 0.347. The predicted molar refractivity (Wildman–Crippen MR) is 124 cm³/mol. The number of nitrogens with zero attached hydrogens (tertiary/aromatic N) is 2. The van der Waals surface area contributed by atoms with Crippen LogP contribution in [0, 0.1) is 0 Å². The fraction of sp³-hybridized carbons (Fsp3) is 0.500. The highest BCUT2D eigenvalue weighted by Gasteiger charge is 2.12. The fourth-order valence-electron chi connectivity index (χ4n) is 2.58. The highest BCUT2D eigenvalue weighted by Crippen LogP contribution is 2.34. The second-order valence-electron chi connectivity index (χ2n) is 6.44. The lowest BCUT2D eigenvalue weighted by Crippen LogP contribution is -2.36. The van der Waals surface area contributed by atoms with Crippen LogP contribution in [0.1, 0.15) is 43.7 Å². The van der Waals surface area contributed by atoms with Gasteiger partial charge in [0.15, 0.2) is 23.2 Å². The van der Waals surface area contributed by atoms with E-state index in [9.17, 15) is 0 Å².